The molecule has 0 spiro atoms. The number of aromatic nitrogens is 2. The van der Waals surface area contributed by atoms with Crippen molar-refractivity contribution in [3.63, 3.8) is 0 Å². The van der Waals surface area contributed by atoms with Crippen LogP contribution in [0.1, 0.15) is 35.1 Å². The normalized spacial score (nSPS) is 14.7. The zero-order valence-corrected chi connectivity index (χ0v) is 17.8. The molecule has 5 nitrogen and oxygen atoms in total. The molecule has 4 rings (SSSR count). The molecule has 1 N–H and O–H groups in total. The van der Waals surface area contributed by atoms with Crippen LogP contribution in [-0.4, -0.2) is 33.7 Å². The first-order valence-electron chi connectivity index (χ1n) is 10.3. The van der Waals surface area contributed by atoms with Crippen LogP contribution in [0.5, 0.6) is 0 Å². The van der Waals surface area contributed by atoms with Gasteiger partial charge < -0.3 is 5.32 Å². The quantitative estimate of drug-likeness (QED) is 0.622. The van der Waals surface area contributed by atoms with Crippen molar-refractivity contribution in [1.29, 1.82) is 0 Å². The smallest absolute Gasteiger partial charge is 0.276 e. The van der Waals surface area contributed by atoms with Gasteiger partial charge in [0.15, 0.2) is 5.69 Å². The first kappa shape index (κ1) is 21.8. The number of benzene rings is 2. The lowest BCUT2D eigenvalue weighted by molar-refractivity contribution is 0.102. The van der Waals surface area contributed by atoms with Gasteiger partial charge in [-0.15, -0.1) is 0 Å². The monoisotopic (exact) mass is 440 g/mol. The second kappa shape index (κ2) is 9.00. The van der Waals surface area contributed by atoms with E-state index in [1.807, 2.05) is 13.0 Å². The zero-order valence-electron chi connectivity index (χ0n) is 17.8. The molecule has 0 atom stereocenters. The van der Waals surface area contributed by atoms with Gasteiger partial charge in [-0.2, -0.15) is 5.10 Å². The molecular formula is C24H23F3N4O. The van der Waals surface area contributed by atoms with Gasteiger partial charge in [0.1, 0.15) is 23.1 Å². The minimum Gasteiger partial charge on any atom is -0.316 e. The minimum atomic E-state index is -0.857. The highest BCUT2D eigenvalue weighted by molar-refractivity contribution is 6.03. The van der Waals surface area contributed by atoms with Crippen LogP contribution >= 0.6 is 0 Å². The van der Waals surface area contributed by atoms with Gasteiger partial charge >= 0.3 is 0 Å². The molecule has 0 aliphatic carbocycles. The van der Waals surface area contributed by atoms with Crippen molar-refractivity contribution in [3.8, 4) is 0 Å². The molecule has 0 saturated carbocycles. The van der Waals surface area contributed by atoms with E-state index in [-0.39, 0.29) is 11.5 Å². The number of hydrogen-bond donors (Lipinski definition) is 1. The minimum absolute atomic E-state index is 0.0525. The summed E-state index contributed by atoms with van der Waals surface area (Å²) in [6, 6.07) is 11.7. The highest BCUT2D eigenvalue weighted by Crippen LogP contribution is 2.28. The molecule has 8 heteroatoms. The lowest BCUT2D eigenvalue weighted by atomic mass is 9.98. The van der Waals surface area contributed by atoms with Crippen LogP contribution in [0.15, 0.2) is 54.1 Å². The Kier molecular flexibility index (Phi) is 6.14. The van der Waals surface area contributed by atoms with E-state index >= 15 is 0 Å². The number of rotatable bonds is 5. The number of amides is 1. The summed E-state index contributed by atoms with van der Waals surface area (Å²) in [7, 11) is 1.71. The van der Waals surface area contributed by atoms with Crippen LogP contribution in [0.25, 0.3) is 5.57 Å². The maximum atomic E-state index is 14.1. The van der Waals surface area contributed by atoms with E-state index in [2.05, 4.69) is 15.3 Å². The second-order valence-electron chi connectivity index (χ2n) is 7.90. The summed E-state index contributed by atoms with van der Waals surface area (Å²) in [4.78, 5) is 14.7. The molecule has 1 amide bonds. The predicted octanol–water partition coefficient (Wildman–Crippen LogP) is 4.77. The van der Waals surface area contributed by atoms with Gasteiger partial charge in [-0.3, -0.25) is 14.4 Å². The molecule has 1 aliphatic rings. The second-order valence-corrected chi connectivity index (χ2v) is 7.90. The van der Waals surface area contributed by atoms with E-state index in [0.717, 1.165) is 41.9 Å². The molecule has 32 heavy (non-hydrogen) atoms. The average molecular weight is 440 g/mol. The number of aryl methyl sites for hydroxylation is 1. The number of carbonyl (C=O) groups excluding carboxylic acids is 1. The molecule has 0 bridgehead atoms. The molecule has 0 fully saturated rings. The molecule has 1 aliphatic heterocycles. The molecule has 0 saturated heterocycles. The third-order valence-corrected chi connectivity index (χ3v) is 5.67. The summed E-state index contributed by atoms with van der Waals surface area (Å²) >= 11 is 0. The Balaban J connectivity index is 1.54. The van der Waals surface area contributed by atoms with Crippen molar-refractivity contribution < 1.29 is 18.0 Å². The third-order valence-electron chi connectivity index (χ3n) is 5.67. The Morgan fingerprint density at radius 1 is 1.06 bits per heavy atom. The molecule has 2 heterocycles. The van der Waals surface area contributed by atoms with Gasteiger partial charge in [-0.1, -0.05) is 29.8 Å². The van der Waals surface area contributed by atoms with Crippen LogP contribution in [0.3, 0.4) is 0 Å². The highest BCUT2D eigenvalue weighted by Gasteiger charge is 2.23. The number of nitrogens with one attached hydrogen (secondary N) is 1. The van der Waals surface area contributed by atoms with Gasteiger partial charge in [0, 0.05) is 32.2 Å². The lowest BCUT2D eigenvalue weighted by Gasteiger charge is -2.30. The number of halogens is 3. The number of hydrogen-bond acceptors (Lipinski definition) is 3. The Morgan fingerprint density at radius 2 is 1.75 bits per heavy atom. The topological polar surface area (TPSA) is 50.2 Å². The van der Waals surface area contributed by atoms with Gasteiger partial charge in [0.05, 0.1) is 5.69 Å². The Bertz CT molecular complexity index is 1180. The predicted molar refractivity (Wildman–Crippen MR) is 116 cm³/mol. The Hall–Kier alpha value is -3.39. The van der Waals surface area contributed by atoms with Crippen molar-refractivity contribution in [2.24, 2.45) is 7.05 Å². The number of anilines is 1. The van der Waals surface area contributed by atoms with Crippen molar-refractivity contribution in [2.75, 3.05) is 18.4 Å². The van der Waals surface area contributed by atoms with E-state index in [0.29, 0.717) is 18.7 Å². The van der Waals surface area contributed by atoms with Crippen molar-refractivity contribution in [1.82, 2.24) is 14.7 Å². The summed E-state index contributed by atoms with van der Waals surface area (Å²) in [6.45, 7) is 3.86. The number of para-hydroxylation sites is 1. The highest BCUT2D eigenvalue weighted by atomic mass is 19.1. The SMILES string of the molecule is CC1=C(c2cc(C(=O)Nc3c(F)cccc3F)nn2C)CN(Cc2ccccc2F)CC1. The zero-order chi connectivity index (χ0) is 22.8. The summed E-state index contributed by atoms with van der Waals surface area (Å²) < 4.78 is 43.4. The summed E-state index contributed by atoms with van der Waals surface area (Å²) in [5, 5.41) is 6.51. The molecule has 2 aromatic carbocycles. The van der Waals surface area contributed by atoms with Crippen LogP contribution in [0.2, 0.25) is 0 Å². The van der Waals surface area contributed by atoms with Crippen LogP contribution in [0, 0.1) is 17.5 Å². The number of carbonyl (C=O) groups is 1. The fraction of sp³-hybridized carbons (Fsp3) is 0.250. The molecule has 1 aromatic heterocycles. The van der Waals surface area contributed by atoms with E-state index in [1.165, 1.54) is 12.1 Å². The fourth-order valence-corrected chi connectivity index (χ4v) is 3.87. The fourth-order valence-electron chi connectivity index (χ4n) is 3.87. The van der Waals surface area contributed by atoms with Crippen molar-refractivity contribution >= 4 is 17.2 Å². The Morgan fingerprint density at radius 3 is 2.47 bits per heavy atom. The first-order chi connectivity index (χ1) is 15.3. The lowest BCUT2D eigenvalue weighted by Crippen LogP contribution is -2.31. The van der Waals surface area contributed by atoms with E-state index < -0.39 is 23.2 Å². The largest absolute Gasteiger partial charge is 0.316 e. The maximum Gasteiger partial charge on any atom is 0.276 e. The maximum absolute atomic E-state index is 14.1. The molecular weight excluding hydrogens is 417 g/mol. The van der Waals surface area contributed by atoms with Crippen LogP contribution in [-0.2, 0) is 13.6 Å². The molecule has 0 radical (unpaired) electrons. The standard InChI is InChI=1S/C24H23F3N4O/c1-15-10-11-31(13-16-6-3-4-7-18(16)25)14-17(15)22-12-21(29-30(22)2)24(32)28-23-19(26)8-5-9-20(23)27/h3-9,12H,10-11,13-14H2,1-2H3,(H,28,32). The summed E-state index contributed by atoms with van der Waals surface area (Å²) in [6.07, 6.45) is 0.803. The van der Waals surface area contributed by atoms with Gasteiger partial charge in [-0.25, -0.2) is 13.2 Å². The molecule has 166 valence electrons. The van der Waals surface area contributed by atoms with Crippen molar-refractivity contribution in [3.05, 3.63) is 88.5 Å². The first-order valence-corrected chi connectivity index (χ1v) is 10.3. The summed E-state index contributed by atoms with van der Waals surface area (Å²) in [5.74, 6) is -2.65. The number of nitrogens with zero attached hydrogens (tertiary/aromatic N) is 3. The van der Waals surface area contributed by atoms with Gasteiger partial charge in [0.25, 0.3) is 5.91 Å². The molecule has 3 aromatic rings. The van der Waals surface area contributed by atoms with Crippen LogP contribution in [0.4, 0.5) is 18.9 Å². The van der Waals surface area contributed by atoms with E-state index in [9.17, 15) is 18.0 Å². The van der Waals surface area contributed by atoms with Gasteiger partial charge in [0.2, 0.25) is 0 Å². The van der Waals surface area contributed by atoms with E-state index in [4.69, 9.17) is 0 Å². The third kappa shape index (κ3) is 4.45. The van der Waals surface area contributed by atoms with Gasteiger partial charge in [-0.05, 0) is 43.2 Å². The molecule has 0 unspecified atom stereocenters. The average Bonchev–Trinajstić information content (AvgIpc) is 3.15. The van der Waals surface area contributed by atoms with Crippen molar-refractivity contribution in [2.45, 2.75) is 19.9 Å². The van der Waals surface area contributed by atoms with Crippen LogP contribution < -0.4 is 5.32 Å². The summed E-state index contributed by atoms with van der Waals surface area (Å²) in [5.41, 5.74) is 3.07. The Labute approximate surface area is 184 Å². The van der Waals surface area contributed by atoms with E-state index in [1.54, 1.807) is 29.9 Å².